The highest BCUT2D eigenvalue weighted by molar-refractivity contribution is 9.10. The van der Waals surface area contributed by atoms with E-state index in [1.807, 2.05) is 37.3 Å². The van der Waals surface area contributed by atoms with E-state index in [2.05, 4.69) is 39.2 Å². The summed E-state index contributed by atoms with van der Waals surface area (Å²) in [4.78, 5) is 4.46. The van der Waals surface area contributed by atoms with Crippen molar-refractivity contribution in [3.8, 4) is 5.75 Å². The number of nitrogens with zero attached hydrogens (tertiary/aromatic N) is 1. The average Bonchev–Trinajstić information content (AvgIpc) is 2.47. The lowest BCUT2D eigenvalue weighted by molar-refractivity contribution is 0.297. The van der Waals surface area contributed by atoms with Crippen molar-refractivity contribution in [2.75, 3.05) is 6.54 Å². The van der Waals surface area contributed by atoms with Crippen LogP contribution in [0.5, 0.6) is 5.75 Å². The van der Waals surface area contributed by atoms with Crippen LogP contribution in [0.1, 0.15) is 30.3 Å². The van der Waals surface area contributed by atoms with E-state index in [9.17, 15) is 0 Å². The summed E-state index contributed by atoms with van der Waals surface area (Å²) in [6.45, 7) is 6.46. The lowest BCUT2D eigenvalue weighted by Gasteiger charge is -2.12. The van der Waals surface area contributed by atoms with Gasteiger partial charge in [-0.15, -0.1) is 0 Å². The smallest absolute Gasteiger partial charge is 0.130 e. The topological polar surface area (TPSA) is 34.1 Å². The fraction of sp³-hybridized carbons (Fsp3) is 0.353. The van der Waals surface area contributed by atoms with Gasteiger partial charge in [-0.2, -0.15) is 0 Å². The van der Waals surface area contributed by atoms with Gasteiger partial charge in [-0.05, 0) is 50.2 Å². The Morgan fingerprint density at radius 3 is 2.86 bits per heavy atom. The maximum Gasteiger partial charge on any atom is 0.130 e. The second kappa shape index (κ2) is 8.15. The number of ether oxygens (including phenoxy) is 1. The molecule has 21 heavy (non-hydrogen) atoms. The summed E-state index contributed by atoms with van der Waals surface area (Å²) in [5.41, 5.74) is 3.12. The van der Waals surface area contributed by atoms with Crippen LogP contribution < -0.4 is 10.1 Å². The standard InChI is InChI=1S/C17H21BrN2O/c1-3-9-19-11-14-10-15(18)7-8-17(14)21-12-16-6-4-5-13(2)20-16/h4-8,10,19H,3,9,11-12H2,1-2H3. The van der Waals surface area contributed by atoms with E-state index in [0.29, 0.717) is 6.61 Å². The zero-order valence-corrected chi connectivity index (χ0v) is 14.1. The Morgan fingerprint density at radius 2 is 2.10 bits per heavy atom. The molecule has 0 saturated carbocycles. The Balaban J connectivity index is 2.04. The summed E-state index contributed by atoms with van der Waals surface area (Å²) in [5, 5.41) is 3.41. The third-order valence-electron chi connectivity index (χ3n) is 3.09. The predicted octanol–water partition coefficient (Wildman–Crippen LogP) is 4.23. The van der Waals surface area contributed by atoms with E-state index in [1.54, 1.807) is 0 Å². The van der Waals surface area contributed by atoms with Crippen LogP contribution in [-0.4, -0.2) is 11.5 Å². The van der Waals surface area contributed by atoms with Gasteiger partial charge in [-0.1, -0.05) is 28.9 Å². The SMILES string of the molecule is CCCNCc1cc(Br)ccc1OCc1cccc(C)n1. The van der Waals surface area contributed by atoms with Crippen molar-refractivity contribution in [1.82, 2.24) is 10.3 Å². The lowest BCUT2D eigenvalue weighted by atomic mass is 10.2. The second-order valence-electron chi connectivity index (χ2n) is 4.99. The molecular weight excluding hydrogens is 328 g/mol. The molecule has 0 radical (unpaired) electrons. The molecule has 0 spiro atoms. The molecule has 0 atom stereocenters. The zero-order valence-electron chi connectivity index (χ0n) is 12.5. The third kappa shape index (κ3) is 5.14. The Bertz CT molecular complexity index is 587. The molecule has 1 aromatic carbocycles. The highest BCUT2D eigenvalue weighted by atomic mass is 79.9. The third-order valence-corrected chi connectivity index (χ3v) is 3.58. The van der Waals surface area contributed by atoms with Gasteiger partial charge < -0.3 is 10.1 Å². The van der Waals surface area contributed by atoms with Gasteiger partial charge in [0.1, 0.15) is 12.4 Å². The Kier molecular flexibility index (Phi) is 6.21. The molecule has 0 bridgehead atoms. The van der Waals surface area contributed by atoms with Gasteiger partial charge in [0, 0.05) is 22.3 Å². The van der Waals surface area contributed by atoms with Crippen LogP contribution in [0.4, 0.5) is 0 Å². The fourth-order valence-corrected chi connectivity index (χ4v) is 2.47. The summed E-state index contributed by atoms with van der Waals surface area (Å²) in [5.74, 6) is 0.908. The summed E-state index contributed by atoms with van der Waals surface area (Å²) < 4.78 is 7.01. The van der Waals surface area contributed by atoms with Crippen molar-refractivity contribution in [1.29, 1.82) is 0 Å². The van der Waals surface area contributed by atoms with E-state index in [0.717, 1.165) is 46.7 Å². The monoisotopic (exact) mass is 348 g/mol. The van der Waals surface area contributed by atoms with Crippen molar-refractivity contribution >= 4 is 15.9 Å². The molecule has 4 heteroatoms. The van der Waals surface area contributed by atoms with Crippen LogP contribution in [0.15, 0.2) is 40.9 Å². The fourth-order valence-electron chi connectivity index (χ4n) is 2.06. The van der Waals surface area contributed by atoms with Gasteiger partial charge >= 0.3 is 0 Å². The molecule has 0 aliphatic carbocycles. The van der Waals surface area contributed by atoms with Crippen molar-refractivity contribution in [2.45, 2.75) is 33.4 Å². The normalized spacial score (nSPS) is 10.6. The summed E-state index contributed by atoms with van der Waals surface area (Å²) in [6.07, 6.45) is 1.12. The van der Waals surface area contributed by atoms with Crippen LogP contribution >= 0.6 is 15.9 Å². The van der Waals surface area contributed by atoms with Gasteiger partial charge in [-0.3, -0.25) is 4.98 Å². The quantitative estimate of drug-likeness (QED) is 0.760. The van der Waals surface area contributed by atoms with Gasteiger partial charge in [0.2, 0.25) is 0 Å². The minimum Gasteiger partial charge on any atom is -0.487 e. The molecular formula is C17H21BrN2O. The van der Waals surface area contributed by atoms with Gasteiger partial charge in [0.15, 0.2) is 0 Å². The number of aryl methyl sites for hydroxylation is 1. The summed E-state index contributed by atoms with van der Waals surface area (Å²) >= 11 is 3.52. The molecule has 1 N–H and O–H groups in total. The Morgan fingerprint density at radius 1 is 1.24 bits per heavy atom. The van der Waals surface area contributed by atoms with Crippen LogP contribution in [0.2, 0.25) is 0 Å². The van der Waals surface area contributed by atoms with E-state index in [1.165, 1.54) is 0 Å². The van der Waals surface area contributed by atoms with E-state index < -0.39 is 0 Å². The zero-order chi connectivity index (χ0) is 15.1. The molecule has 1 heterocycles. The number of nitrogens with one attached hydrogen (secondary N) is 1. The molecule has 3 nitrogen and oxygen atoms in total. The molecule has 112 valence electrons. The van der Waals surface area contributed by atoms with E-state index in [-0.39, 0.29) is 0 Å². The maximum atomic E-state index is 5.94. The number of aromatic nitrogens is 1. The largest absolute Gasteiger partial charge is 0.487 e. The lowest BCUT2D eigenvalue weighted by Crippen LogP contribution is -2.14. The summed E-state index contributed by atoms with van der Waals surface area (Å²) in [7, 11) is 0. The minimum atomic E-state index is 0.490. The minimum absolute atomic E-state index is 0.490. The van der Waals surface area contributed by atoms with Gasteiger partial charge in [0.25, 0.3) is 0 Å². The summed E-state index contributed by atoms with van der Waals surface area (Å²) in [6, 6.07) is 12.1. The first-order valence-corrected chi connectivity index (χ1v) is 8.03. The van der Waals surface area contributed by atoms with Crippen LogP contribution in [0.3, 0.4) is 0 Å². The second-order valence-corrected chi connectivity index (χ2v) is 5.90. The molecule has 0 saturated heterocycles. The van der Waals surface area contributed by atoms with E-state index >= 15 is 0 Å². The molecule has 0 amide bonds. The van der Waals surface area contributed by atoms with Crippen molar-refractivity contribution in [2.24, 2.45) is 0 Å². The number of hydrogen-bond donors (Lipinski definition) is 1. The maximum absolute atomic E-state index is 5.94. The highest BCUT2D eigenvalue weighted by Crippen LogP contribution is 2.24. The molecule has 0 aliphatic rings. The molecule has 0 unspecified atom stereocenters. The molecule has 0 aliphatic heterocycles. The first-order chi connectivity index (χ1) is 10.2. The van der Waals surface area contributed by atoms with Gasteiger partial charge in [0.05, 0.1) is 5.69 Å². The van der Waals surface area contributed by atoms with E-state index in [4.69, 9.17) is 4.74 Å². The van der Waals surface area contributed by atoms with Crippen LogP contribution in [-0.2, 0) is 13.2 Å². The number of rotatable bonds is 7. The predicted molar refractivity (Wildman–Crippen MR) is 89.4 cm³/mol. The van der Waals surface area contributed by atoms with Crippen molar-refractivity contribution in [3.05, 3.63) is 57.8 Å². The molecule has 2 aromatic rings. The van der Waals surface area contributed by atoms with Crippen LogP contribution in [0.25, 0.3) is 0 Å². The van der Waals surface area contributed by atoms with Gasteiger partial charge in [-0.25, -0.2) is 0 Å². The first kappa shape index (κ1) is 16.0. The number of benzene rings is 1. The highest BCUT2D eigenvalue weighted by Gasteiger charge is 2.05. The Hall–Kier alpha value is -1.39. The van der Waals surface area contributed by atoms with Crippen molar-refractivity contribution in [3.63, 3.8) is 0 Å². The number of pyridine rings is 1. The average molecular weight is 349 g/mol. The van der Waals surface area contributed by atoms with Crippen molar-refractivity contribution < 1.29 is 4.74 Å². The van der Waals surface area contributed by atoms with Crippen LogP contribution in [0, 0.1) is 6.92 Å². The Labute approximate surface area is 134 Å². The molecule has 0 fully saturated rings. The first-order valence-electron chi connectivity index (χ1n) is 7.23. The molecule has 2 rings (SSSR count). The molecule has 1 aromatic heterocycles. The number of hydrogen-bond acceptors (Lipinski definition) is 3. The number of halogens is 1.